The van der Waals surface area contributed by atoms with E-state index in [-0.39, 0.29) is 0 Å². The lowest BCUT2D eigenvalue weighted by atomic mass is 10.2. The van der Waals surface area contributed by atoms with E-state index in [1.165, 1.54) is 3.57 Å². The molecule has 1 rings (SSSR count). The van der Waals surface area contributed by atoms with Gasteiger partial charge < -0.3 is 4.74 Å². The minimum atomic E-state index is 0.335. The Kier molecular flexibility index (Phi) is 3.42. The zero-order valence-electron chi connectivity index (χ0n) is 6.80. The van der Waals surface area contributed by atoms with Gasteiger partial charge in [0.1, 0.15) is 12.4 Å². The molecule has 0 saturated heterocycles. The fourth-order valence-electron chi connectivity index (χ4n) is 0.894. The Labute approximate surface area is 86.3 Å². The Hall–Kier alpha value is -0.690. The van der Waals surface area contributed by atoms with Crippen LogP contribution < -0.4 is 4.74 Å². The van der Waals surface area contributed by atoms with E-state index in [0.717, 1.165) is 11.3 Å². The van der Waals surface area contributed by atoms with E-state index < -0.39 is 0 Å². The van der Waals surface area contributed by atoms with E-state index in [1.807, 2.05) is 19.1 Å². The molecule has 0 amide bonds. The van der Waals surface area contributed by atoms with Crippen LogP contribution in [0.1, 0.15) is 5.56 Å². The van der Waals surface area contributed by atoms with Crippen LogP contribution in [0.15, 0.2) is 18.2 Å². The van der Waals surface area contributed by atoms with Gasteiger partial charge in [-0.25, -0.2) is 0 Å². The molecule has 0 heterocycles. The molecule has 2 heteroatoms. The van der Waals surface area contributed by atoms with Gasteiger partial charge >= 0.3 is 0 Å². The van der Waals surface area contributed by atoms with Crippen molar-refractivity contribution in [2.75, 3.05) is 6.61 Å². The number of terminal acetylenes is 1. The van der Waals surface area contributed by atoms with Gasteiger partial charge in [0.25, 0.3) is 0 Å². The number of hydrogen-bond acceptors (Lipinski definition) is 1. The zero-order chi connectivity index (χ0) is 8.97. The summed E-state index contributed by atoms with van der Waals surface area (Å²) in [5.41, 5.74) is 1.12. The predicted octanol–water partition coefficient (Wildman–Crippen LogP) is 2.61. The fraction of sp³-hybridized carbons (Fsp3) is 0.200. The molecule has 0 aliphatic heterocycles. The summed E-state index contributed by atoms with van der Waals surface area (Å²) in [5, 5.41) is 0. The van der Waals surface area contributed by atoms with Crippen LogP contribution >= 0.6 is 22.6 Å². The third-order valence-corrected chi connectivity index (χ3v) is 2.12. The normalized spacial score (nSPS) is 9.08. The Morgan fingerprint density at radius 2 is 2.33 bits per heavy atom. The second kappa shape index (κ2) is 4.36. The van der Waals surface area contributed by atoms with Gasteiger partial charge in [-0.05, 0) is 53.3 Å². The number of rotatable bonds is 2. The van der Waals surface area contributed by atoms with Gasteiger partial charge in [-0.1, -0.05) is 5.92 Å². The maximum absolute atomic E-state index is 5.30. The first-order valence-corrected chi connectivity index (χ1v) is 4.64. The Bertz CT molecular complexity index is 312. The summed E-state index contributed by atoms with van der Waals surface area (Å²) in [4.78, 5) is 0. The van der Waals surface area contributed by atoms with Crippen molar-refractivity contribution in [2.24, 2.45) is 0 Å². The largest absolute Gasteiger partial charge is 0.481 e. The second-order valence-corrected chi connectivity index (χ2v) is 3.65. The van der Waals surface area contributed by atoms with Crippen molar-refractivity contribution in [3.63, 3.8) is 0 Å². The zero-order valence-corrected chi connectivity index (χ0v) is 8.96. The molecule has 0 aliphatic rings. The lowest BCUT2D eigenvalue weighted by Gasteiger charge is -2.05. The highest BCUT2D eigenvalue weighted by atomic mass is 127. The van der Waals surface area contributed by atoms with Crippen LogP contribution in [-0.4, -0.2) is 6.61 Å². The summed E-state index contributed by atoms with van der Waals surface area (Å²) >= 11 is 2.26. The SMILES string of the molecule is C#CCOc1ccc(I)cc1C. The molecule has 1 aromatic rings. The maximum atomic E-state index is 5.30. The first-order chi connectivity index (χ1) is 5.74. The summed E-state index contributed by atoms with van der Waals surface area (Å²) in [6.45, 7) is 2.34. The third kappa shape index (κ3) is 2.42. The van der Waals surface area contributed by atoms with Crippen molar-refractivity contribution >= 4 is 22.6 Å². The number of halogens is 1. The van der Waals surface area contributed by atoms with Crippen LogP contribution in [0.3, 0.4) is 0 Å². The highest BCUT2D eigenvalue weighted by Gasteiger charge is 1.97. The molecule has 0 radical (unpaired) electrons. The molecule has 0 saturated carbocycles. The minimum absolute atomic E-state index is 0.335. The Morgan fingerprint density at radius 3 is 2.92 bits per heavy atom. The van der Waals surface area contributed by atoms with Gasteiger partial charge in [-0.15, -0.1) is 6.42 Å². The molecular weight excluding hydrogens is 263 g/mol. The van der Waals surface area contributed by atoms with Crippen LogP contribution in [0.5, 0.6) is 5.75 Å². The number of aryl methyl sites for hydroxylation is 1. The molecular formula is C10H9IO. The highest BCUT2D eigenvalue weighted by Crippen LogP contribution is 2.19. The molecule has 1 nitrogen and oxygen atoms in total. The summed E-state index contributed by atoms with van der Waals surface area (Å²) in [6.07, 6.45) is 5.08. The molecule has 62 valence electrons. The quantitative estimate of drug-likeness (QED) is 0.594. The molecule has 0 fully saturated rings. The monoisotopic (exact) mass is 272 g/mol. The molecule has 0 unspecified atom stereocenters. The summed E-state index contributed by atoms with van der Waals surface area (Å²) in [6, 6.07) is 6.00. The summed E-state index contributed by atoms with van der Waals surface area (Å²) in [5.74, 6) is 3.30. The van der Waals surface area contributed by atoms with Crippen LogP contribution in [0.25, 0.3) is 0 Å². The molecule has 0 bridgehead atoms. The van der Waals surface area contributed by atoms with Crippen molar-refractivity contribution in [3.05, 3.63) is 27.3 Å². The van der Waals surface area contributed by atoms with E-state index in [1.54, 1.807) is 0 Å². The van der Waals surface area contributed by atoms with Gasteiger partial charge in [-0.3, -0.25) is 0 Å². The van der Waals surface area contributed by atoms with E-state index >= 15 is 0 Å². The van der Waals surface area contributed by atoms with Crippen molar-refractivity contribution in [3.8, 4) is 18.1 Å². The summed E-state index contributed by atoms with van der Waals surface area (Å²) in [7, 11) is 0. The smallest absolute Gasteiger partial charge is 0.148 e. The van der Waals surface area contributed by atoms with Crippen LogP contribution in [0, 0.1) is 22.8 Å². The predicted molar refractivity (Wildman–Crippen MR) is 58.2 cm³/mol. The number of benzene rings is 1. The summed E-state index contributed by atoms with van der Waals surface area (Å²) < 4.78 is 6.51. The topological polar surface area (TPSA) is 9.23 Å². The first kappa shape index (κ1) is 9.40. The van der Waals surface area contributed by atoms with Crippen molar-refractivity contribution in [2.45, 2.75) is 6.92 Å². The Morgan fingerprint density at radius 1 is 1.58 bits per heavy atom. The molecule has 0 aromatic heterocycles. The van der Waals surface area contributed by atoms with E-state index in [0.29, 0.717) is 6.61 Å². The van der Waals surface area contributed by atoms with E-state index in [9.17, 15) is 0 Å². The van der Waals surface area contributed by atoms with Crippen molar-refractivity contribution < 1.29 is 4.74 Å². The number of hydrogen-bond donors (Lipinski definition) is 0. The fourth-order valence-corrected chi connectivity index (χ4v) is 1.54. The van der Waals surface area contributed by atoms with Gasteiger partial charge in [0.05, 0.1) is 0 Å². The number of ether oxygens (including phenoxy) is 1. The second-order valence-electron chi connectivity index (χ2n) is 2.40. The van der Waals surface area contributed by atoms with Crippen molar-refractivity contribution in [1.29, 1.82) is 0 Å². The lowest BCUT2D eigenvalue weighted by molar-refractivity contribution is 0.367. The molecule has 12 heavy (non-hydrogen) atoms. The van der Waals surface area contributed by atoms with Gasteiger partial charge in [-0.2, -0.15) is 0 Å². The van der Waals surface area contributed by atoms with Crippen LogP contribution in [-0.2, 0) is 0 Å². The van der Waals surface area contributed by atoms with Crippen molar-refractivity contribution in [1.82, 2.24) is 0 Å². The lowest BCUT2D eigenvalue weighted by Crippen LogP contribution is -1.95. The van der Waals surface area contributed by atoms with Gasteiger partial charge in [0, 0.05) is 3.57 Å². The van der Waals surface area contributed by atoms with Gasteiger partial charge in [0.15, 0.2) is 0 Å². The van der Waals surface area contributed by atoms with Gasteiger partial charge in [0.2, 0.25) is 0 Å². The highest BCUT2D eigenvalue weighted by molar-refractivity contribution is 14.1. The molecule has 1 aromatic carbocycles. The first-order valence-electron chi connectivity index (χ1n) is 3.56. The third-order valence-electron chi connectivity index (χ3n) is 1.45. The maximum Gasteiger partial charge on any atom is 0.148 e. The van der Waals surface area contributed by atoms with E-state index in [4.69, 9.17) is 11.2 Å². The van der Waals surface area contributed by atoms with Crippen LogP contribution in [0.4, 0.5) is 0 Å². The minimum Gasteiger partial charge on any atom is -0.481 e. The average Bonchev–Trinajstić information content (AvgIpc) is 2.03. The van der Waals surface area contributed by atoms with Crippen LogP contribution in [0.2, 0.25) is 0 Å². The standard InChI is InChI=1S/C10H9IO/c1-3-6-12-10-5-4-9(11)7-8(10)2/h1,4-5,7H,6H2,2H3. The molecule has 0 N–H and O–H groups in total. The average molecular weight is 272 g/mol. The van der Waals surface area contributed by atoms with E-state index in [2.05, 4.69) is 34.6 Å². The Balaban J connectivity index is 2.81. The molecule has 0 aliphatic carbocycles. The molecule has 0 spiro atoms. The molecule has 0 atom stereocenters.